The van der Waals surface area contributed by atoms with E-state index < -0.39 is 10.0 Å². The molecule has 12 nitrogen and oxygen atoms in total. The molecule has 0 saturated carbocycles. The van der Waals surface area contributed by atoms with Crippen LogP contribution in [0, 0.1) is 0 Å². The Kier molecular flexibility index (Phi) is 11.5. The fourth-order valence-electron chi connectivity index (χ4n) is 8.57. The molecule has 0 aliphatic carbocycles. The van der Waals surface area contributed by atoms with Gasteiger partial charge in [-0.3, -0.25) is 4.68 Å². The minimum Gasteiger partial charge on any atom is -0.493 e. The molecule has 8 rings (SSSR count). The number of nitrogens with zero attached hydrogens (tertiary/aromatic N) is 6. The molecular weight excluding hydrogens is 753 g/mol. The number of hydrogen-bond acceptors (Lipinski definition) is 9. The zero-order valence-electron chi connectivity index (χ0n) is 33.8. The topological polar surface area (TPSA) is 111 Å². The highest BCUT2D eigenvalue weighted by Gasteiger charge is 2.30. The van der Waals surface area contributed by atoms with E-state index in [0.29, 0.717) is 70.2 Å². The van der Waals surface area contributed by atoms with E-state index in [-0.39, 0.29) is 19.2 Å². The van der Waals surface area contributed by atoms with Gasteiger partial charge in [0, 0.05) is 73.9 Å². The van der Waals surface area contributed by atoms with Crippen molar-refractivity contribution in [3.8, 4) is 22.6 Å². The van der Waals surface area contributed by atoms with E-state index in [9.17, 15) is 13.2 Å². The van der Waals surface area contributed by atoms with Gasteiger partial charge in [-0.25, -0.2) is 13.2 Å². The van der Waals surface area contributed by atoms with Gasteiger partial charge in [0.15, 0.2) is 0 Å². The number of anilines is 1. The van der Waals surface area contributed by atoms with Gasteiger partial charge in [-0.1, -0.05) is 54.6 Å². The Morgan fingerprint density at radius 2 is 1.57 bits per heavy atom. The quantitative estimate of drug-likeness (QED) is 0.0966. The Morgan fingerprint density at radius 1 is 0.828 bits per heavy atom. The molecule has 304 valence electrons. The molecule has 1 fully saturated rings. The molecular formula is C45H52N6O6S. The molecule has 6 aromatic rings. The Labute approximate surface area is 340 Å². The number of benzene rings is 4. The number of fused-ring (bicyclic) bond motifs is 3. The number of para-hydroxylation sites is 1. The third-order valence-corrected chi connectivity index (χ3v) is 12.7. The monoisotopic (exact) mass is 804 g/mol. The predicted molar refractivity (Wildman–Crippen MR) is 228 cm³/mol. The number of hydrogen-bond donors (Lipinski definition) is 0. The van der Waals surface area contributed by atoms with E-state index >= 15 is 0 Å². The Morgan fingerprint density at radius 3 is 2.34 bits per heavy atom. The summed E-state index contributed by atoms with van der Waals surface area (Å²) in [5, 5.41) is 8.31. The molecule has 4 heterocycles. The second-order valence-corrected chi connectivity index (χ2v) is 17.2. The molecule has 4 aromatic carbocycles. The number of aryl methyl sites for hydroxylation is 3. The molecule has 0 unspecified atom stereocenters. The first kappa shape index (κ1) is 39.5. The number of aromatic nitrogens is 3. The van der Waals surface area contributed by atoms with Crippen molar-refractivity contribution in [1.29, 1.82) is 0 Å². The number of sulfonamides is 1. The maximum atomic E-state index is 14.0. The van der Waals surface area contributed by atoms with Crippen LogP contribution in [0.1, 0.15) is 47.2 Å². The zero-order chi connectivity index (χ0) is 40.4. The average molecular weight is 805 g/mol. The summed E-state index contributed by atoms with van der Waals surface area (Å²) in [4.78, 5) is 18.5. The molecule has 1 saturated heterocycles. The maximum Gasteiger partial charge on any atom is 0.355 e. The standard InChI is InChI=1S/C45H52N6O6S/c1-5-55-45(52)44-37(17-10-29-56-41-18-8-13-32-12-6-7-14-35(32)41)36-15-9-16-38-42-39(46-48(3)40(42)30-47(2)23-11-24-51(44)43(36)38)31-57-34-21-19-33(20-22-34)49-25-27-50(28-26-49)58(4,53)54/h6-9,12-16,18-22H,5,10-11,17,23-31H2,1-4H3. The molecule has 0 bridgehead atoms. The third-order valence-electron chi connectivity index (χ3n) is 11.4. The van der Waals surface area contributed by atoms with Gasteiger partial charge in [-0.15, -0.1) is 0 Å². The van der Waals surface area contributed by atoms with Crippen LogP contribution in [0.3, 0.4) is 0 Å². The van der Waals surface area contributed by atoms with Crippen molar-refractivity contribution in [2.24, 2.45) is 7.05 Å². The van der Waals surface area contributed by atoms with Crippen molar-refractivity contribution in [1.82, 2.24) is 23.6 Å². The summed E-state index contributed by atoms with van der Waals surface area (Å²) in [5.41, 5.74) is 7.55. The lowest BCUT2D eigenvalue weighted by molar-refractivity contribution is 0.0512. The Balaban J connectivity index is 1.10. The molecule has 2 aliphatic heterocycles. The van der Waals surface area contributed by atoms with Crippen LogP contribution < -0.4 is 14.4 Å². The lowest BCUT2D eigenvalue weighted by atomic mass is 9.97. The van der Waals surface area contributed by atoms with Crippen molar-refractivity contribution in [2.45, 2.75) is 45.9 Å². The van der Waals surface area contributed by atoms with E-state index in [1.807, 2.05) is 67.2 Å². The second-order valence-electron chi connectivity index (χ2n) is 15.2. The van der Waals surface area contributed by atoms with Crippen LogP contribution in [0.25, 0.3) is 32.8 Å². The number of esters is 1. The highest BCUT2D eigenvalue weighted by molar-refractivity contribution is 7.88. The van der Waals surface area contributed by atoms with Crippen LogP contribution in [0.15, 0.2) is 84.9 Å². The molecule has 2 aromatic heterocycles. The summed E-state index contributed by atoms with van der Waals surface area (Å²) in [7, 11) is 0.924. The maximum absolute atomic E-state index is 14.0. The third kappa shape index (κ3) is 8.03. The summed E-state index contributed by atoms with van der Waals surface area (Å²) in [6, 6.07) is 28.7. The first-order valence-corrected chi connectivity index (χ1v) is 22.0. The fourth-order valence-corrected chi connectivity index (χ4v) is 9.40. The second kappa shape index (κ2) is 16.8. The molecule has 0 radical (unpaired) electrons. The summed E-state index contributed by atoms with van der Waals surface area (Å²) >= 11 is 0. The van der Waals surface area contributed by atoms with Crippen LogP contribution in [-0.4, -0.2) is 97.2 Å². The van der Waals surface area contributed by atoms with Gasteiger partial charge in [0.05, 0.1) is 30.7 Å². The average Bonchev–Trinajstić information content (AvgIpc) is 3.71. The molecule has 0 atom stereocenters. The van der Waals surface area contributed by atoms with Gasteiger partial charge in [0.2, 0.25) is 10.0 Å². The molecule has 13 heteroatoms. The van der Waals surface area contributed by atoms with Crippen molar-refractivity contribution in [3.63, 3.8) is 0 Å². The van der Waals surface area contributed by atoms with Gasteiger partial charge in [-0.05, 0) is 81.1 Å². The van der Waals surface area contributed by atoms with E-state index in [1.54, 1.807) is 0 Å². The number of rotatable bonds is 12. The first-order chi connectivity index (χ1) is 28.1. The van der Waals surface area contributed by atoms with Crippen LogP contribution >= 0.6 is 0 Å². The van der Waals surface area contributed by atoms with E-state index in [4.69, 9.17) is 19.3 Å². The highest BCUT2D eigenvalue weighted by atomic mass is 32.2. The minimum absolute atomic E-state index is 0.249. The van der Waals surface area contributed by atoms with Crippen LogP contribution in [0.2, 0.25) is 0 Å². The Bertz CT molecular complexity index is 2530. The fraction of sp³-hybridized carbons (Fsp3) is 0.378. The van der Waals surface area contributed by atoms with Crippen molar-refractivity contribution in [2.75, 3.05) is 64.1 Å². The lowest BCUT2D eigenvalue weighted by Crippen LogP contribution is -2.48. The van der Waals surface area contributed by atoms with Gasteiger partial charge in [0.25, 0.3) is 0 Å². The summed E-state index contributed by atoms with van der Waals surface area (Å²) in [6.07, 6.45) is 3.48. The smallest absolute Gasteiger partial charge is 0.355 e. The lowest BCUT2D eigenvalue weighted by Gasteiger charge is -2.34. The number of ether oxygens (including phenoxy) is 3. The SMILES string of the molecule is CCOC(=O)c1c(CCCOc2cccc3ccccc23)c2cccc3c2n1CCCN(C)Cc1c-3c(COc2ccc(N3CCN(S(C)(=O)=O)CC3)cc2)nn1C. The van der Waals surface area contributed by atoms with E-state index in [2.05, 4.69) is 57.8 Å². The summed E-state index contributed by atoms with van der Waals surface area (Å²) in [5.74, 6) is 1.26. The number of piperazine rings is 1. The van der Waals surface area contributed by atoms with Crippen LogP contribution in [0.4, 0.5) is 5.69 Å². The predicted octanol–water partition coefficient (Wildman–Crippen LogP) is 6.88. The van der Waals surface area contributed by atoms with Gasteiger partial charge >= 0.3 is 5.97 Å². The normalized spacial score (nSPS) is 15.4. The molecule has 2 aliphatic rings. The van der Waals surface area contributed by atoms with Crippen molar-refractivity contribution < 1.29 is 27.4 Å². The first-order valence-electron chi connectivity index (χ1n) is 20.2. The highest BCUT2D eigenvalue weighted by Crippen LogP contribution is 2.40. The Hall–Kier alpha value is -5.37. The number of carbonyl (C=O) groups is 1. The van der Waals surface area contributed by atoms with E-state index in [0.717, 1.165) is 74.2 Å². The number of carbonyl (C=O) groups excluding carboxylic acids is 1. The van der Waals surface area contributed by atoms with Gasteiger partial charge < -0.3 is 28.6 Å². The molecule has 0 amide bonds. The largest absolute Gasteiger partial charge is 0.493 e. The van der Waals surface area contributed by atoms with Crippen LogP contribution in [-0.2, 0) is 47.9 Å². The van der Waals surface area contributed by atoms with Gasteiger partial charge in [-0.2, -0.15) is 9.40 Å². The van der Waals surface area contributed by atoms with Gasteiger partial charge in [0.1, 0.15) is 29.5 Å². The summed E-state index contributed by atoms with van der Waals surface area (Å²) < 4.78 is 48.3. The molecule has 58 heavy (non-hydrogen) atoms. The molecule has 0 N–H and O–H groups in total. The van der Waals surface area contributed by atoms with Crippen LogP contribution in [0.5, 0.6) is 11.5 Å². The van der Waals surface area contributed by atoms with Crippen molar-refractivity contribution in [3.05, 3.63) is 108 Å². The molecule has 0 spiro atoms. The minimum atomic E-state index is -3.19. The zero-order valence-corrected chi connectivity index (χ0v) is 34.6. The van der Waals surface area contributed by atoms with E-state index in [1.165, 1.54) is 10.6 Å². The van der Waals surface area contributed by atoms with Crippen molar-refractivity contribution >= 4 is 43.4 Å². The summed E-state index contributed by atoms with van der Waals surface area (Å²) in [6.45, 7) is 7.30.